The molecule has 5 saturated heterocycles. The number of carboxylic acid groups (broad SMARTS) is 1. The van der Waals surface area contributed by atoms with Gasteiger partial charge in [0.05, 0.1) is 63.5 Å². The van der Waals surface area contributed by atoms with Crippen LogP contribution in [0.4, 0.5) is 0 Å². The molecule has 0 radical (unpaired) electrons. The molecule has 16 N–H and O–H groups in total. The molecule has 0 aliphatic carbocycles. The lowest BCUT2D eigenvalue weighted by Gasteiger charge is -2.49. The van der Waals surface area contributed by atoms with Gasteiger partial charge in [0.1, 0.15) is 79.4 Å². The van der Waals surface area contributed by atoms with E-state index >= 15 is 0 Å². The molecule has 0 aromatic heterocycles. The maximum atomic E-state index is 12.9. The molecule has 22 unspecified atom stereocenters. The van der Waals surface area contributed by atoms with Crippen molar-refractivity contribution in [2.75, 3.05) is 40.1 Å². The van der Waals surface area contributed by atoms with E-state index in [4.69, 9.17) is 42.6 Å². The normalized spacial score (nSPS) is 46.3. The van der Waals surface area contributed by atoms with Crippen molar-refractivity contribution in [1.82, 2.24) is 10.6 Å². The minimum absolute atomic E-state index is 0.552. The van der Waals surface area contributed by atoms with Crippen LogP contribution in [0.5, 0.6) is 0 Å². The van der Waals surface area contributed by atoms with Gasteiger partial charge in [0.25, 0.3) is 11.7 Å². The zero-order valence-corrected chi connectivity index (χ0v) is 35.4. The van der Waals surface area contributed by atoms with Crippen LogP contribution in [0.25, 0.3) is 0 Å². The van der Waals surface area contributed by atoms with Crippen LogP contribution in [0.2, 0.25) is 0 Å². The number of hydrogen-bond donors (Lipinski definition) is 16. The molecule has 0 saturated carbocycles. The maximum Gasteiger partial charge on any atom is 0.364 e. The van der Waals surface area contributed by atoms with E-state index in [1.165, 1.54) is 14.0 Å². The molecule has 5 aliphatic heterocycles. The van der Waals surface area contributed by atoms with Crippen molar-refractivity contribution >= 4 is 17.8 Å². The molecule has 5 rings (SSSR count). The Bertz CT molecular complexity index is 1570. The SMILES string of the molecule is CNC(=O)C1OC(COC2OC(CO)C(OC3OC(CO)C(O)C(C)C3O)C(O)C2O)C(OC2OC(CO)C(O)C(OC3(C(=O)O)C[C@@H](O)C(NC(C)=O)C(C[C@H](O)CO)O3)C2O)C1O. The average molecular weight is 951 g/mol. The smallest absolute Gasteiger partial charge is 0.364 e. The molecule has 5 aliphatic rings. The van der Waals surface area contributed by atoms with Crippen LogP contribution in [0.3, 0.4) is 0 Å². The Kier molecular flexibility index (Phi) is 18.7. The van der Waals surface area contributed by atoms with E-state index < -0.39 is 210 Å². The van der Waals surface area contributed by atoms with Gasteiger partial charge in [-0.1, -0.05) is 6.92 Å². The third-order valence-electron chi connectivity index (χ3n) is 12.1. The summed E-state index contributed by atoms with van der Waals surface area (Å²) in [6.45, 7) is -1.60. The summed E-state index contributed by atoms with van der Waals surface area (Å²) < 4.78 is 51.2. The molecule has 28 nitrogen and oxygen atoms in total. The topological polar surface area (TPSA) is 442 Å². The molecular formula is C37H62N2O26. The summed E-state index contributed by atoms with van der Waals surface area (Å²) in [6.07, 6.45) is -37.9. The number of nitrogens with one attached hydrogen (secondary N) is 2. The van der Waals surface area contributed by atoms with Crippen molar-refractivity contribution in [2.45, 2.75) is 167 Å². The van der Waals surface area contributed by atoms with Gasteiger partial charge < -0.3 is 125 Å². The van der Waals surface area contributed by atoms with Crippen molar-refractivity contribution < 1.29 is 129 Å². The second kappa shape index (κ2) is 22.8. The highest BCUT2D eigenvalue weighted by Gasteiger charge is 2.60. The van der Waals surface area contributed by atoms with E-state index in [-0.39, 0.29) is 0 Å². The van der Waals surface area contributed by atoms with Crippen LogP contribution in [-0.4, -0.2) is 270 Å². The number of amides is 2. The summed E-state index contributed by atoms with van der Waals surface area (Å²) in [6, 6.07) is -1.34. The van der Waals surface area contributed by atoms with Crippen LogP contribution in [0.15, 0.2) is 0 Å². The highest BCUT2D eigenvalue weighted by molar-refractivity contribution is 5.81. The van der Waals surface area contributed by atoms with E-state index in [1.54, 1.807) is 0 Å². The van der Waals surface area contributed by atoms with Gasteiger partial charge in [0, 0.05) is 32.7 Å². The quantitative estimate of drug-likeness (QED) is 0.0606. The third-order valence-corrected chi connectivity index (χ3v) is 12.1. The van der Waals surface area contributed by atoms with Crippen LogP contribution in [-0.2, 0) is 57.0 Å². The van der Waals surface area contributed by atoms with E-state index in [2.05, 4.69) is 10.6 Å². The first-order chi connectivity index (χ1) is 30.7. The zero-order valence-electron chi connectivity index (χ0n) is 35.4. The Labute approximate surface area is 370 Å². The van der Waals surface area contributed by atoms with Crippen molar-refractivity contribution in [3.8, 4) is 0 Å². The minimum atomic E-state index is -2.95. The van der Waals surface area contributed by atoms with Gasteiger partial charge in [0.15, 0.2) is 25.0 Å². The predicted octanol–water partition coefficient (Wildman–Crippen LogP) is -9.84. The summed E-state index contributed by atoms with van der Waals surface area (Å²) >= 11 is 0. The molecule has 5 fully saturated rings. The number of rotatable bonds is 18. The van der Waals surface area contributed by atoms with Crippen molar-refractivity contribution in [2.24, 2.45) is 5.92 Å². The van der Waals surface area contributed by atoms with Crippen molar-refractivity contribution in [1.29, 1.82) is 0 Å². The van der Waals surface area contributed by atoms with Gasteiger partial charge in [0.2, 0.25) is 5.91 Å². The first-order valence-corrected chi connectivity index (χ1v) is 20.8. The second-order valence-electron chi connectivity index (χ2n) is 16.6. The highest BCUT2D eigenvalue weighted by atomic mass is 16.8. The third kappa shape index (κ3) is 11.5. The Morgan fingerprint density at radius 2 is 1.26 bits per heavy atom. The van der Waals surface area contributed by atoms with Gasteiger partial charge in [-0.15, -0.1) is 0 Å². The molecule has 0 aromatic rings. The number of aliphatic hydroxyl groups excluding tert-OH is 13. The number of aliphatic carboxylic acids is 1. The summed E-state index contributed by atoms with van der Waals surface area (Å²) in [4.78, 5) is 37.6. The standard InChI is InChI=1S/C37H62N2O26/c1-11-21(47)16(7-41)59-34(22(11)48)62-28-18(9-43)61-33(25(51)24(28)50)57-10-19-29(26(52)31(58-19)32(54)38-3)63-35-27(53)30(23(49)17(8-42)60-35)65-37(36(55)56)5-14(46)20(39-12(2)44)15(64-37)4-13(45)6-40/h11,13-31,33-35,40-43,45-53H,4-10H2,1-3H3,(H,38,54)(H,39,44)(H,55,56)/t11?,13-,14+,15?,16?,17?,18?,19?,20?,21?,22?,23?,24?,25?,26?,27?,28?,29?,30?,31?,33?,34?,35?,37?/m0/s1. The van der Waals surface area contributed by atoms with Gasteiger partial charge >= 0.3 is 5.97 Å². The molecule has 28 heteroatoms. The van der Waals surface area contributed by atoms with Crippen LogP contribution in [0.1, 0.15) is 26.7 Å². The molecule has 65 heavy (non-hydrogen) atoms. The molecular weight excluding hydrogens is 888 g/mol. The zero-order chi connectivity index (χ0) is 48.2. The minimum Gasteiger partial charge on any atom is -0.477 e. The molecule has 5 heterocycles. The average Bonchev–Trinajstić information content (AvgIpc) is 3.58. The number of hydrogen-bond acceptors (Lipinski definition) is 25. The van der Waals surface area contributed by atoms with Gasteiger partial charge in [-0.3, -0.25) is 9.59 Å². The van der Waals surface area contributed by atoms with Crippen LogP contribution < -0.4 is 10.6 Å². The molecule has 2 amide bonds. The molecule has 0 bridgehead atoms. The number of carbonyl (C=O) groups is 3. The van der Waals surface area contributed by atoms with Crippen molar-refractivity contribution in [3.05, 3.63) is 0 Å². The van der Waals surface area contributed by atoms with Gasteiger partial charge in [-0.05, 0) is 0 Å². The Hall–Kier alpha value is -2.47. The first-order valence-electron chi connectivity index (χ1n) is 20.8. The van der Waals surface area contributed by atoms with E-state index in [1.807, 2.05) is 0 Å². The fourth-order valence-corrected chi connectivity index (χ4v) is 8.41. The first kappa shape index (κ1) is 53.5. The second-order valence-corrected chi connectivity index (χ2v) is 16.6. The van der Waals surface area contributed by atoms with Crippen LogP contribution >= 0.6 is 0 Å². The molecule has 376 valence electrons. The fraction of sp³-hybridized carbons (Fsp3) is 0.919. The van der Waals surface area contributed by atoms with Crippen molar-refractivity contribution in [3.63, 3.8) is 0 Å². The van der Waals surface area contributed by atoms with E-state index in [0.29, 0.717) is 0 Å². The number of likely N-dealkylation sites (N-methyl/N-ethyl adjacent to an activating group) is 1. The Morgan fingerprint density at radius 3 is 1.82 bits per heavy atom. The summed E-state index contributed by atoms with van der Waals surface area (Å²) in [5, 5.41) is 153. The molecule has 24 atom stereocenters. The van der Waals surface area contributed by atoms with Gasteiger partial charge in [-0.25, -0.2) is 4.79 Å². The summed E-state index contributed by atoms with van der Waals surface area (Å²) in [7, 11) is 1.21. The van der Waals surface area contributed by atoms with Gasteiger partial charge in [-0.2, -0.15) is 0 Å². The lowest BCUT2D eigenvalue weighted by atomic mass is 9.89. The summed E-state index contributed by atoms with van der Waals surface area (Å²) in [5.74, 6) is -7.32. The van der Waals surface area contributed by atoms with E-state index in [9.17, 15) is 85.9 Å². The predicted molar refractivity (Wildman–Crippen MR) is 203 cm³/mol. The van der Waals surface area contributed by atoms with Crippen LogP contribution in [0, 0.1) is 5.92 Å². The molecule has 0 spiro atoms. The summed E-state index contributed by atoms with van der Waals surface area (Å²) in [5.41, 5.74) is 0. The monoisotopic (exact) mass is 950 g/mol. The fourth-order valence-electron chi connectivity index (χ4n) is 8.41. The number of carbonyl (C=O) groups excluding carboxylic acids is 2. The Balaban J connectivity index is 1.34. The lowest BCUT2D eigenvalue weighted by Crippen LogP contribution is -2.68. The van der Waals surface area contributed by atoms with E-state index in [0.717, 1.165) is 6.92 Å². The number of ether oxygens (including phenoxy) is 9. The lowest BCUT2D eigenvalue weighted by molar-refractivity contribution is -0.371. The number of carboxylic acids is 1. The molecule has 0 aromatic carbocycles. The largest absolute Gasteiger partial charge is 0.477 e. The highest BCUT2D eigenvalue weighted by Crippen LogP contribution is 2.39. The number of aliphatic hydroxyl groups is 13. The Morgan fingerprint density at radius 1 is 0.692 bits per heavy atom. The maximum absolute atomic E-state index is 12.9.